The molecule has 2 aromatic carbocycles. The molecule has 19 heavy (non-hydrogen) atoms. The van der Waals surface area contributed by atoms with Gasteiger partial charge in [-0.05, 0) is 58.7 Å². The van der Waals surface area contributed by atoms with E-state index in [2.05, 4.69) is 27.3 Å². The van der Waals surface area contributed by atoms with Crippen molar-refractivity contribution in [2.75, 3.05) is 11.1 Å². The van der Waals surface area contributed by atoms with Crippen LogP contribution in [-0.4, -0.2) is 0 Å². The number of rotatable bonds is 2. The Morgan fingerprint density at radius 2 is 2.05 bits per heavy atom. The van der Waals surface area contributed by atoms with Crippen LogP contribution in [0, 0.1) is 18.3 Å². The van der Waals surface area contributed by atoms with E-state index in [1.54, 1.807) is 12.1 Å². The van der Waals surface area contributed by atoms with Crippen LogP contribution in [-0.2, 0) is 0 Å². The van der Waals surface area contributed by atoms with E-state index >= 15 is 0 Å². The number of nitrogen functional groups attached to an aromatic ring is 1. The zero-order valence-corrected chi connectivity index (χ0v) is 12.5. The molecular weight excluding hydrogens is 326 g/mol. The largest absolute Gasteiger partial charge is 0.398 e. The lowest BCUT2D eigenvalue weighted by Gasteiger charge is -2.11. The van der Waals surface area contributed by atoms with Gasteiger partial charge >= 0.3 is 0 Å². The Morgan fingerprint density at radius 3 is 2.74 bits per heavy atom. The third-order valence-electron chi connectivity index (χ3n) is 2.70. The standard InChI is InChI=1S/C14H11BrClN3/c1-8-4-11(15)14(6-12(8)16)19-10-2-3-13(18)9(5-10)7-17/h2-6,19H,18H2,1H3. The van der Waals surface area contributed by atoms with Gasteiger partial charge in [0.1, 0.15) is 6.07 Å². The molecule has 0 saturated heterocycles. The van der Waals surface area contributed by atoms with E-state index in [0.717, 1.165) is 21.4 Å². The Balaban J connectivity index is 2.37. The first-order chi connectivity index (χ1) is 9.01. The molecule has 0 atom stereocenters. The molecule has 0 saturated carbocycles. The Hall–Kier alpha value is -1.70. The molecule has 0 aliphatic heterocycles. The number of hydrogen-bond donors (Lipinski definition) is 2. The lowest BCUT2D eigenvalue weighted by Crippen LogP contribution is -1.95. The molecule has 0 bridgehead atoms. The molecule has 0 fully saturated rings. The van der Waals surface area contributed by atoms with Crippen molar-refractivity contribution in [2.24, 2.45) is 0 Å². The van der Waals surface area contributed by atoms with Crippen LogP contribution in [0.1, 0.15) is 11.1 Å². The summed E-state index contributed by atoms with van der Waals surface area (Å²) in [5.74, 6) is 0. The van der Waals surface area contributed by atoms with Gasteiger partial charge in [-0.1, -0.05) is 11.6 Å². The zero-order valence-electron chi connectivity index (χ0n) is 10.2. The quantitative estimate of drug-likeness (QED) is 0.787. The smallest absolute Gasteiger partial charge is 0.101 e. The van der Waals surface area contributed by atoms with E-state index in [4.69, 9.17) is 22.6 Å². The van der Waals surface area contributed by atoms with E-state index in [0.29, 0.717) is 16.3 Å². The van der Waals surface area contributed by atoms with E-state index in [1.807, 2.05) is 25.1 Å². The molecule has 0 aliphatic carbocycles. The fraction of sp³-hybridized carbons (Fsp3) is 0.0714. The third kappa shape index (κ3) is 3.01. The second-order valence-corrected chi connectivity index (χ2v) is 5.38. The second kappa shape index (κ2) is 5.52. The molecule has 0 heterocycles. The Kier molecular flexibility index (Phi) is 3.98. The maximum Gasteiger partial charge on any atom is 0.101 e. The Morgan fingerprint density at radius 1 is 1.32 bits per heavy atom. The molecule has 0 unspecified atom stereocenters. The van der Waals surface area contributed by atoms with Gasteiger partial charge in [0, 0.05) is 20.9 Å². The van der Waals surface area contributed by atoms with Gasteiger partial charge in [-0.15, -0.1) is 0 Å². The summed E-state index contributed by atoms with van der Waals surface area (Å²) < 4.78 is 0.907. The minimum Gasteiger partial charge on any atom is -0.398 e. The summed E-state index contributed by atoms with van der Waals surface area (Å²) in [6, 6.07) is 11.0. The van der Waals surface area contributed by atoms with Crippen molar-refractivity contribution in [3.8, 4) is 6.07 Å². The second-order valence-electron chi connectivity index (χ2n) is 4.12. The average molecular weight is 337 g/mol. The van der Waals surface area contributed by atoms with Crippen molar-refractivity contribution in [3.63, 3.8) is 0 Å². The molecule has 0 radical (unpaired) electrons. The first-order valence-corrected chi connectivity index (χ1v) is 6.70. The van der Waals surface area contributed by atoms with Crippen molar-refractivity contribution in [2.45, 2.75) is 6.92 Å². The number of benzene rings is 2. The van der Waals surface area contributed by atoms with Gasteiger partial charge in [0.15, 0.2) is 0 Å². The molecule has 0 aromatic heterocycles. The third-order valence-corrected chi connectivity index (χ3v) is 3.76. The highest BCUT2D eigenvalue weighted by Crippen LogP contribution is 2.32. The molecule has 5 heteroatoms. The van der Waals surface area contributed by atoms with Crippen LogP contribution in [0.3, 0.4) is 0 Å². The SMILES string of the molecule is Cc1cc(Br)c(Nc2ccc(N)c(C#N)c2)cc1Cl. The monoisotopic (exact) mass is 335 g/mol. The summed E-state index contributed by atoms with van der Waals surface area (Å²) in [6.07, 6.45) is 0. The first kappa shape index (κ1) is 13.7. The van der Waals surface area contributed by atoms with Crippen LogP contribution in [0.2, 0.25) is 5.02 Å². The van der Waals surface area contributed by atoms with Crippen LogP contribution in [0.4, 0.5) is 17.1 Å². The highest BCUT2D eigenvalue weighted by Gasteiger charge is 2.06. The summed E-state index contributed by atoms with van der Waals surface area (Å²) >= 11 is 9.58. The van der Waals surface area contributed by atoms with Gasteiger partial charge in [-0.2, -0.15) is 5.26 Å². The number of nitrogens with two attached hydrogens (primary N) is 1. The van der Waals surface area contributed by atoms with Gasteiger partial charge in [-0.25, -0.2) is 0 Å². The van der Waals surface area contributed by atoms with Gasteiger partial charge in [0.25, 0.3) is 0 Å². The molecule has 0 aliphatic rings. The lowest BCUT2D eigenvalue weighted by atomic mass is 10.1. The molecule has 3 N–H and O–H groups in total. The highest BCUT2D eigenvalue weighted by molar-refractivity contribution is 9.10. The van der Waals surface area contributed by atoms with Gasteiger partial charge in [0.05, 0.1) is 11.3 Å². The summed E-state index contributed by atoms with van der Waals surface area (Å²) in [7, 11) is 0. The summed E-state index contributed by atoms with van der Waals surface area (Å²) in [4.78, 5) is 0. The lowest BCUT2D eigenvalue weighted by molar-refractivity contribution is 1.42. The van der Waals surface area contributed by atoms with E-state index in [9.17, 15) is 0 Å². The zero-order chi connectivity index (χ0) is 14.0. The fourth-order valence-corrected chi connectivity index (χ4v) is 2.35. The summed E-state index contributed by atoms with van der Waals surface area (Å²) in [5.41, 5.74) is 9.21. The number of aryl methyl sites for hydroxylation is 1. The number of anilines is 3. The van der Waals surface area contributed by atoms with Crippen molar-refractivity contribution in [1.29, 1.82) is 5.26 Å². The first-order valence-electron chi connectivity index (χ1n) is 5.53. The predicted molar refractivity (Wildman–Crippen MR) is 82.7 cm³/mol. The summed E-state index contributed by atoms with van der Waals surface area (Å²) in [5, 5.41) is 12.8. The number of nitrogens with zero attached hydrogens (tertiary/aromatic N) is 1. The number of hydrogen-bond acceptors (Lipinski definition) is 3. The Bertz CT molecular complexity index is 677. The molecular formula is C14H11BrClN3. The Labute approximate surface area is 125 Å². The topological polar surface area (TPSA) is 61.8 Å². The van der Waals surface area contributed by atoms with E-state index in [-0.39, 0.29) is 0 Å². The van der Waals surface area contributed by atoms with Crippen molar-refractivity contribution < 1.29 is 0 Å². The van der Waals surface area contributed by atoms with Crippen LogP contribution >= 0.6 is 27.5 Å². The minimum atomic E-state index is 0.444. The minimum absolute atomic E-state index is 0.444. The van der Waals surface area contributed by atoms with Crippen LogP contribution in [0.15, 0.2) is 34.8 Å². The van der Waals surface area contributed by atoms with Gasteiger partial charge < -0.3 is 11.1 Å². The molecule has 2 rings (SSSR count). The van der Waals surface area contributed by atoms with E-state index < -0.39 is 0 Å². The highest BCUT2D eigenvalue weighted by atomic mass is 79.9. The van der Waals surface area contributed by atoms with Crippen molar-refractivity contribution in [3.05, 3.63) is 51.0 Å². The summed E-state index contributed by atoms with van der Waals surface area (Å²) in [6.45, 7) is 1.94. The maximum absolute atomic E-state index is 8.96. The molecule has 0 amide bonds. The van der Waals surface area contributed by atoms with Gasteiger partial charge in [-0.3, -0.25) is 0 Å². The predicted octanol–water partition coefficient (Wildman–Crippen LogP) is 4.61. The normalized spacial score (nSPS) is 10.0. The molecule has 0 spiro atoms. The number of halogens is 2. The van der Waals surface area contributed by atoms with Crippen LogP contribution < -0.4 is 11.1 Å². The fourth-order valence-electron chi connectivity index (χ4n) is 1.63. The molecule has 2 aromatic rings. The molecule has 3 nitrogen and oxygen atoms in total. The van der Waals surface area contributed by atoms with Crippen molar-refractivity contribution >= 4 is 44.6 Å². The van der Waals surface area contributed by atoms with Crippen molar-refractivity contribution in [1.82, 2.24) is 0 Å². The van der Waals surface area contributed by atoms with Crippen LogP contribution in [0.25, 0.3) is 0 Å². The maximum atomic E-state index is 8.96. The number of nitriles is 1. The molecule has 96 valence electrons. The number of nitrogens with one attached hydrogen (secondary N) is 1. The average Bonchev–Trinajstić information content (AvgIpc) is 2.38. The van der Waals surface area contributed by atoms with E-state index in [1.165, 1.54) is 0 Å². The van der Waals surface area contributed by atoms with Crippen LogP contribution in [0.5, 0.6) is 0 Å². The van der Waals surface area contributed by atoms with Gasteiger partial charge in [0.2, 0.25) is 0 Å².